The fourth-order valence-corrected chi connectivity index (χ4v) is 3.25. The summed E-state index contributed by atoms with van der Waals surface area (Å²) in [5.74, 6) is 1.70. The van der Waals surface area contributed by atoms with Crippen LogP contribution in [0.2, 0.25) is 0 Å². The lowest BCUT2D eigenvalue weighted by molar-refractivity contribution is -0.138. The van der Waals surface area contributed by atoms with Crippen LogP contribution in [-0.4, -0.2) is 47.7 Å². The smallest absolute Gasteiger partial charge is 0.264 e. The fraction of sp³-hybridized carbons (Fsp3) is 0.389. The van der Waals surface area contributed by atoms with Crippen molar-refractivity contribution in [2.24, 2.45) is 0 Å². The van der Waals surface area contributed by atoms with Crippen LogP contribution in [0.1, 0.15) is 16.8 Å². The van der Waals surface area contributed by atoms with Gasteiger partial charge in [0.25, 0.3) is 5.91 Å². The summed E-state index contributed by atoms with van der Waals surface area (Å²) in [4.78, 5) is 16.6. The standard InChI is InChI=1S/C18H20N4O2/c1-21(2)17-10-13-11-22(8-7-14(13)19-20-17)18(23)16-9-12-5-3-4-6-15(12)24-16/h3-6,10,16H,7-9,11H2,1-2H3/t16-/m1/s1. The zero-order valence-electron chi connectivity index (χ0n) is 13.9. The Bertz CT molecular complexity index is 765. The van der Waals surface area contributed by atoms with Gasteiger partial charge in [-0.15, -0.1) is 5.10 Å². The van der Waals surface area contributed by atoms with Crippen molar-refractivity contribution < 1.29 is 9.53 Å². The summed E-state index contributed by atoms with van der Waals surface area (Å²) in [7, 11) is 3.87. The van der Waals surface area contributed by atoms with Crippen molar-refractivity contribution in [2.75, 3.05) is 25.5 Å². The van der Waals surface area contributed by atoms with E-state index in [2.05, 4.69) is 10.2 Å². The van der Waals surface area contributed by atoms with E-state index in [0.29, 0.717) is 19.5 Å². The third-order valence-electron chi connectivity index (χ3n) is 4.62. The van der Waals surface area contributed by atoms with Crippen LogP contribution in [0.5, 0.6) is 5.75 Å². The van der Waals surface area contributed by atoms with Crippen LogP contribution in [0.15, 0.2) is 30.3 Å². The molecule has 2 aliphatic heterocycles. The van der Waals surface area contributed by atoms with Gasteiger partial charge in [-0.05, 0) is 23.3 Å². The maximum atomic E-state index is 12.9. The molecule has 0 aliphatic carbocycles. The lowest BCUT2D eigenvalue weighted by Gasteiger charge is -2.30. The Labute approximate surface area is 141 Å². The first-order chi connectivity index (χ1) is 11.6. The number of amides is 1. The van der Waals surface area contributed by atoms with Gasteiger partial charge < -0.3 is 14.5 Å². The molecular formula is C18H20N4O2. The molecule has 4 rings (SSSR count). The molecule has 124 valence electrons. The van der Waals surface area contributed by atoms with E-state index in [-0.39, 0.29) is 5.91 Å². The van der Waals surface area contributed by atoms with E-state index in [9.17, 15) is 4.79 Å². The summed E-state index contributed by atoms with van der Waals surface area (Å²) in [6.45, 7) is 1.23. The molecule has 0 bridgehead atoms. The number of hydrogen-bond donors (Lipinski definition) is 0. The Morgan fingerprint density at radius 3 is 2.88 bits per heavy atom. The van der Waals surface area contributed by atoms with Crippen LogP contribution >= 0.6 is 0 Å². The highest BCUT2D eigenvalue weighted by molar-refractivity contribution is 5.83. The van der Waals surface area contributed by atoms with Crippen molar-refractivity contribution in [1.82, 2.24) is 15.1 Å². The molecule has 2 aliphatic rings. The molecule has 1 amide bonds. The first-order valence-corrected chi connectivity index (χ1v) is 8.18. The number of carbonyl (C=O) groups is 1. The molecule has 0 fully saturated rings. The summed E-state index contributed by atoms with van der Waals surface area (Å²) < 4.78 is 5.84. The number of ether oxygens (including phenoxy) is 1. The second-order valence-corrected chi connectivity index (χ2v) is 6.50. The quantitative estimate of drug-likeness (QED) is 0.836. The SMILES string of the molecule is CN(C)c1cc2c(nn1)CCN(C(=O)[C@H]1Cc3ccccc3O1)C2. The van der Waals surface area contributed by atoms with Crippen molar-refractivity contribution >= 4 is 11.7 Å². The molecule has 3 heterocycles. The van der Waals surface area contributed by atoms with Gasteiger partial charge >= 0.3 is 0 Å². The van der Waals surface area contributed by atoms with E-state index in [0.717, 1.165) is 34.8 Å². The number of hydrogen-bond acceptors (Lipinski definition) is 5. The minimum absolute atomic E-state index is 0.0556. The Morgan fingerprint density at radius 2 is 2.08 bits per heavy atom. The molecule has 6 nitrogen and oxygen atoms in total. The number of carbonyl (C=O) groups excluding carboxylic acids is 1. The lowest BCUT2D eigenvalue weighted by atomic mass is 10.0. The van der Waals surface area contributed by atoms with Crippen molar-refractivity contribution in [3.8, 4) is 5.75 Å². The number of benzene rings is 1. The van der Waals surface area contributed by atoms with Crippen LogP contribution in [0.25, 0.3) is 0 Å². The molecule has 1 aromatic carbocycles. The highest BCUT2D eigenvalue weighted by atomic mass is 16.5. The van der Waals surface area contributed by atoms with Gasteiger partial charge in [-0.2, -0.15) is 5.10 Å². The van der Waals surface area contributed by atoms with Crippen molar-refractivity contribution in [1.29, 1.82) is 0 Å². The van der Waals surface area contributed by atoms with Crippen LogP contribution < -0.4 is 9.64 Å². The largest absolute Gasteiger partial charge is 0.480 e. The van der Waals surface area contributed by atoms with Gasteiger partial charge in [0, 0.05) is 40.0 Å². The third kappa shape index (κ3) is 2.58. The Kier molecular flexibility index (Phi) is 3.59. The molecule has 1 aromatic heterocycles. The van der Waals surface area contributed by atoms with Crippen LogP contribution in [0, 0.1) is 0 Å². The molecule has 6 heteroatoms. The lowest BCUT2D eigenvalue weighted by Crippen LogP contribution is -2.44. The molecule has 0 saturated heterocycles. The zero-order valence-corrected chi connectivity index (χ0v) is 13.9. The maximum absolute atomic E-state index is 12.9. The van der Waals surface area contributed by atoms with E-state index in [1.165, 1.54) is 0 Å². The minimum atomic E-state index is -0.410. The van der Waals surface area contributed by atoms with Crippen LogP contribution in [0.4, 0.5) is 5.82 Å². The first-order valence-electron chi connectivity index (χ1n) is 8.18. The van der Waals surface area contributed by atoms with E-state index >= 15 is 0 Å². The van der Waals surface area contributed by atoms with Crippen LogP contribution in [0.3, 0.4) is 0 Å². The summed E-state index contributed by atoms with van der Waals surface area (Å²) >= 11 is 0. The van der Waals surface area contributed by atoms with Crippen molar-refractivity contribution in [3.63, 3.8) is 0 Å². The Morgan fingerprint density at radius 1 is 1.25 bits per heavy atom. The highest BCUT2D eigenvalue weighted by Gasteiger charge is 2.34. The number of rotatable bonds is 2. The third-order valence-corrected chi connectivity index (χ3v) is 4.62. The second kappa shape index (κ2) is 5.78. The van der Waals surface area contributed by atoms with Gasteiger partial charge in [-0.1, -0.05) is 18.2 Å². The number of fused-ring (bicyclic) bond motifs is 2. The second-order valence-electron chi connectivity index (χ2n) is 6.50. The molecular weight excluding hydrogens is 304 g/mol. The molecule has 0 spiro atoms. The van der Waals surface area contributed by atoms with Gasteiger partial charge in [-0.25, -0.2) is 0 Å². The van der Waals surface area contributed by atoms with Gasteiger partial charge in [0.05, 0.1) is 5.69 Å². The first kappa shape index (κ1) is 14.9. The predicted molar refractivity (Wildman–Crippen MR) is 90.0 cm³/mol. The van der Waals surface area contributed by atoms with Gasteiger partial charge in [0.1, 0.15) is 5.75 Å². The van der Waals surface area contributed by atoms with Crippen LogP contribution in [-0.2, 0) is 24.2 Å². The van der Waals surface area contributed by atoms with Gasteiger partial charge in [0.2, 0.25) is 0 Å². The molecule has 0 saturated carbocycles. The average Bonchev–Trinajstić information content (AvgIpc) is 3.04. The molecule has 2 aromatic rings. The summed E-state index contributed by atoms with van der Waals surface area (Å²) in [6, 6.07) is 9.88. The maximum Gasteiger partial charge on any atom is 0.264 e. The predicted octanol–water partition coefficient (Wildman–Crippen LogP) is 1.43. The van der Waals surface area contributed by atoms with E-state index < -0.39 is 6.10 Å². The van der Waals surface area contributed by atoms with E-state index in [1.54, 1.807) is 0 Å². The molecule has 24 heavy (non-hydrogen) atoms. The molecule has 0 unspecified atom stereocenters. The average molecular weight is 324 g/mol. The minimum Gasteiger partial charge on any atom is -0.480 e. The van der Waals surface area contributed by atoms with Crippen molar-refractivity contribution in [2.45, 2.75) is 25.5 Å². The van der Waals surface area contributed by atoms with Gasteiger partial charge in [0.15, 0.2) is 11.9 Å². The topological polar surface area (TPSA) is 58.6 Å². The summed E-state index contributed by atoms with van der Waals surface area (Å²) in [6.07, 6.45) is 0.976. The number of nitrogens with zero attached hydrogens (tertiary/aromatic N) is 4. The Balaban J connectivity index is 1.50. The van der Waals surface area contributed by atoms with E-state index in [4.69, 9.17) is 4.74 Å². The normalized spacial score (nSPS) is 18.6. The van der Waals surface area contributed by atoms with Crippen molar-refractivity contribution in [3.05, 3.63) is 47.2 Å². The number of aromatic nitrogens is 2. The fourth-order valence-electron chi connectivity index (χ4n) is 3.25. The molecule has 1 atom stereocenters. The monoisotopic (exact) mass is 324 g/mol. The molecule has 0 N–H and O–H groups in total. The molecule has 0 radical (unpaired) electrons. The highest BCUT2D eigenvalue weighted by Crippen LogP contribution is 2.30. The van der Waals surface area contributed by atoms with E-state index in [1.807, 2.05) is 54.2 Å². The summed E-state index contributed by atoms with van der Waals surface area (Å²) in [5, 5.41) is 8.52. The number of para-hydroxylation sites is 1. The van der Waals surface area contributed by atoms with Gasteiger partial charge in [-0.3, -0.25) is 4.79 Å². The number of anilines is 1. The Hall–Kier alpha value is -2.63. The summed E-state index contributed by atoms with van der Waals surface area (Å²) in [5.41, 5.74) is 3.16. The zero-order chi connectivity index (χ0) is 16.7.